The third-order valence-corrected chi connectivity index (χ3v) is 4.22. The second kappa shape index (κ2) is 15.2. The van der Waals surface area contributed by atoms with Gasteiger partial charge in [0.15, 0.2) is 0 Å². The number of unbranched alkanes of at least 4 members (excludes halogenated alkanes) is 1. The van der Waals surface area contributed by atoms with Gasteiger partial charge in [0.2, 0.25) is 0 Å². The van der Waals surface area contributed by atoms with Crippen molar-refractivity contribution in [3.63, 3.8) is 0 Å². The lowest BCUT2D eigenvalue weighted by Crippen LogP contribution is -2.12. The van der Waals surface area contributed by atoms with E-state index in [0.29, 0.717) is 39.3 Å². The molecule has 0 N–H and O–H groups in total. The van der Waals surface area contributed by atoms with Crippen LogP contribution < -0.4 is 0 Å². The van der Waals surface area contributed by atoms with Crippen LogP contribution >= 0.6 is 0 Å². The van der Waals surface area contributed by atoms with Crippen molar-refractivity contribution in [1.82, 2.24) is 0 Å². The molecule has 0 aromatic heterocycles. The fourth-order valence-electron chi connectivity index (χ4n) is 2.64. The van der Waals surface area contributed by atoms with E-state index < -0.39 is 0 Å². The highest BCUT2D eigenvalue weighted by atomic mass is 16.6. The molecule has 0 radical (unpaired) electrons. The average Bonchev–Trinajstić information content (AvgIpc) is 2.78. The summed E-state index contributed by atoms with van der Waals surface area (Å²) < 4.78 is 21.2. The number of carbonyl (C=O) groups excluding carboxylic acids is 2. The maximum Gasteiger partial charge on any atom is 0.305 e. The Morgan fingerprint density at radius 3 is 1.37 bits per heavy atom. The Balaban J connectivity index is 1.37. The van der Waals surface area contributed by atoms with Crippen molar-refractivity contribution in [2.75, 3.05) is 26.4 Å². The van der Waals surface area contributed by atoms with E-state index in [1.54, 1.807) is 0 Å². The smallest absolute Gasteiger partial charge is 0.305 e. The number of rotatable bonds is 15. The summed E-state index contributed by atoms with van der Waals surface area (Å²) in [5.41, 5.74) is 2.16. The molecule has 6 nitrogen and oxygen atoms in total. The van der Waals surface area contributed by atoms with Crippen LogP contribution in [0.3, 0.4) is 0 Å². The molecular formula is C24H30O6. The van der Waals surface area contributed by atoms with Crippen LogP contribution in [-0.2, 0) is 41.8 Å². The van der Waals surface area contributed by atoms with Gasteiger partial charge in [-0.3, -0.25) is 9.59 Å². The van der Waals surface area contributed by atoms with Gasteiger partial charge in [-0.05, 0) is 24.0 Å². The van der Waals surface area contributed by atoms with Gasteiger partial charge in [-0.2, -0.15) is 0 Å². The Morgan fingerprint density at radius 2 is 0.967 bits per heavy atom. The molecule has 0 aliphatic heterocycles. The highest BCUT2D eigenvalue weighted by Gasteiger charge is 2.06. The van der Waals surface area contributed by atoms with Crippen molar-refractivity contribution in [2.24, 2.45) is 0 Å². The Morgan fingerprint density at radius 1 is 0.567 bits per heavy atom. The number of carbonyl (C=O) groups is 2. The molecule has 6 heteroatoms. The highest BCUT2D eigenvalue weighted by Crippen LogP contribution is 2.04. The summed E-state index contributed by atoms with van der Waals surface area (Å²) >= 11 is 0. The third kappa shape index (κ3) is 11.3. The summed E-state index contributed by atoms with van der Waals surface area (Å²) in [6.45, 7) is 2.18. The predicted octanol–water partition coefficient (Wildman–Crippen LogP) is 4.07. The van der Waals surface area contributed by atoms with Crippen LogP contribution in [0.2, 0.25) is 0 Å². The summed E-state index contributed by atoms with van der Waals surface area (Å²) in [6.07, 6.45) is 1.74. The fourth-order valence-corrected chi connectivity index (χ4v) is 2.64. The summed E-state index contributed by atoms with van der Waals surface area (Å²) in [6, 6.07) is 19.6. The maximum absolute atomic E-state index is 11.7. The Bertz CT molecular complexity index is 653. The first-order valence-electron chi connectivity index (χ1n) is 10.3. The second-order valence-corrected chi connectivity index (χ2v) is 6.72. The molecule has 0 saturated carbocycles. The lowest BCUT2D eigenvalue weighted by Gasteiger charge is -2.07. The molecule has 0 bridgehead atoms. The molecule has 0 aliphatic carbocycles. The molecular weight excluding hydrogens is 384 g/mol. The van der Waals surface area contributed by atoms with E-state index in [4.69, 9.17) is 18.9 Å². The van der Waals surface area contributed by atoms with Crippen molar-refractivity contribution in [1.29, 1.82) is 0 Å². The SMILES string of the molecule is O=C(CCCCC(=O)OCCOCc1ccccc1)OCCOCc1ccccc1. The van der Waals surface area contributed by atoms with Crippen LogP contribution in [0.15, 0.2) is 60.7 Å². The molecule has 0 heterocycles. The summed E-state index contributed by atoms with van der Waals surface area (Å²) in [5, 5.41) is 0. The Kier molecular flexibility index (Phi) is 11.9. The largest absolute Gasteiger partial charge is 0.463 e. The van der Waals surface area contributed by atoms with Gasteiger partial charge < -0.3 is 18.9 Å². The van der Waals surface area contributed by atoms with Gasteiger partial charge in [-0.15, -0.1) is 0 Å². The average molecular weight is 414 g/mol. The van der Waals surface area contributed by atoms with E-state index in [2.05, 4.69) is 0 Å². The molecule has 0 aliphatic rings. The van der Waals surface area contributed by atoms with Crippen molar-refractivity contribution in [2.45, 2.75) is 38.9 Å². The zero-order valence-corrected chi connectivity index (χ0v) is 17.3. The van der Waals surface area contributed by atoms with Crippen LogP contribution in [0.5, 0.6) is 0 Å². The highest BCUT2D eigenvalue weighted by molar-refractivity contribution is 5.70. The Hall–Kier alpha value is -2.70. The van der Waals surface area contributed by atoms with Crippen molar-refractivity contribution >= 4 is 11.9 Å². The number of esters is 2. The number of hydrogen-bond acceptors (Lipinski definition) is 6. The monoisotopic (exact) mass is 414 g/mol. The molecule has 2 aromatic carbocycles. The lowest BCUT2D eigenvalue weighted by atomic mass is 10.2. The first-order chi connectivity index (χ1) is 14.7. The molecule has 0 saturated heterocycles. The lowest BCUT2D eigenvalue weighted by molar-refractivity contribution is -0.147. The molecule has 2 rings (SSSR count). The van der Waals surface area contributed by atoms with Gasteiger partial charge in [0.05, 0.1) is 26.4 Å². The topological polar surface area (TPSA) is 71.1 Å². The van der Waals surface area contributed by atoms with Gasteiger partial charge in [-0.1, -0.05) is 60.7 Å². The number of benzene rings is 2. The maximum atomic E-state index is 11.7. The normalized spacial score (nSPS) is 10.5. The zero-order valence-electron chi connectivity index (χ0n) is 17.3. The summed E-state index contributed by atoms with van der Waals surface area (Å²) in [4.78, 5) is 23.3. The number of hydrogen-bond donors (Lipinski definition) is 0. The second-order valence-electron chi connectivity index (χ2n) is 6.72. The van der Waals surface area contributed by atoms with Crippen LogP contribution in [-0.4, -0.2) is 38.4 Å². The first kappa shape index (κ1) is 23.6. The van der Waals surface area contributed by atoms with Crippen LogP contribution in [0.25, 0.3) is 0 Å². The van der Waals surface area contributed by atoms with Gasteiger partial charge >= 0.3 is 11.9 Å². The summed E-state index contributed by atoms with van der Waals surface area (Å²) in [5.74, 6) is -0.554. The van der Waals surface area contributed by atoms with Crippen molar-refractivity contribution in [3.05, 3.63) is 71.8 Å². The van der Waals surface area contributed by atoms with Crippen LogP contribution in [0, 0.1) is 0 Å². The molecule has 0 amide bonds. The molecule has 2 aromatic rings. The number of ether oxygens (including phenoxy) is 4. The van der Waals surface area contributed by atoms with Crippen molar-refractivity contribution in [3.8, 4) is 0 Å². The Labute approximate surface area is 178 Å². The molecule has 0 spiro atoms. The first-order valence-corrected chi connectivity index (χ1v) is 10.3. The van der Waals surface area contributed by atoms with E-state index in [-0.39, 0.29) is 38.0 Å². The third-order valence-electron chi connectivity index (χ3n) is 4.22. The van der Waals surface area contributed by atoms with Crippen LogP contribution in [0.4, 0.5) is 0 Å². The molecule has 0 unspecified atom stereocenters. The van der Waals surface area contributed by atoms with Gasteiger partial charge in [0, 0.05) is 12.8 Å². The summed E-state index contributed by atoms with van der Waals surface area (Å²) in [7, 11) is 0. The van der Waals surface area contributed by atoms with Gasteiger partial charge in [0.25, 0.3) is 0 Å². The van der Waals surface area contributed by atoms with Gasteiger partial charge in [0.1, 0.15) is 13.2 Å². The van der Waals surface area contributed by atoms with E-state index in [1.165, 1.54) is 0 Å². The molecule has 30 heavy (non-hydrogen) atoms. The minimum absolute atomic E-state index is 0.233. The molecule has 162 valence electrons. The van der Waals surface area contributed by atoms with E-state index >= 15 is 0 Å². The van der Waals surface area contributed by atoms with E-state index in [9.17, 15) is 9.59 Å². The predicted molar refractivity (Wildman–Crippen MR) is 113 cm³/mol. The molecule has 0 fully saturated rings. The fraction of sp³-hybridized carbons (Fsp3) is 0.417. The quantitative estimate of drug-likeness (QED) is 0.323. The minimum Gasteiger partial charge on any atom is -0.463 e. The molecule has 0 atom stereocenters. The standard InChI is InChI=1S/C24H30O6/c25-23(29-17-15-27-19-21-9-3-1-4-10-21)13-7-8-14-24(26)30-18-16-28-20-22-11-5-2-6-12-22/h1-6,9-12H,7-8,13-20H2. The minimum atomic E-state index is -0.277. The van der Waals surface area contributed by atoms with Crippen LogP contribution in [0.1, 0.15) is 36.8 Å². The zero-order chi connectivity index (χ0) is 21.3. The van der Waals surface area contributed by atoms with E-state index in [0.717, 1.165) is 11.1 Å². The van der Waals surface area contributed by atoms with E-state index in [1.807, 2.05) is 60.7 Å². The van der Waals surface area contributed by atoms with Gasteiger partial charge in [-0.25, -0.2) is 0 Å². The van der Waals surface area contributed by atoms with Crippen molar-refractivity contribution < 1.29 is 28.5 Å².